The van der Waals surface area contributed by atoms with Gasteiger partial charge in [-0.2, -0.15) is 0 Å². The summed E-state index contributed by atoms with van der Waals surface area (Å²) in [7, 11) is 0. The summed E-state index contributed by atoms with van der Waals surface area (Å²) < 4.78 is 0. The van der Waals surface area contributed by atoms with E-state index in [1.165, 1.54) is 0 Å². The summed E-state index contributed by atoms with van der Waals surface area (Å²) in [5.41, 5.74) is 1.22. The minimum Gasteiger partial charge on any atom is -0.508 e. The maximum Gasteiger partial charge on any atom is 0.220 e. The molecule has 0 fully saturated rings. The summed E-state index contributed by atoms with van der Waals surface area (Å²) in [5.74, 6) is -0.122. The van der Waals surface area contributed by atoms with Crippen LogP contribution in [0.25, 0.3) is 0 Å². The molecule has 0 unspecified atom stereocenters. The highest BCUT2D eigenvalue weighted by atomic mass is 35.5. The van der Waals surface area contributed by atoms with Gasteiger partial charge in [-0.1, -0.05) is 41.9 Å². The van der Waals surface area contributed by atoms with Crippen molar-refractivity contribution in [3.8, 4) is 5.75 Å². The third kappa shape index (κ3) is 5.11. The summed E-state index contributed by atoms with van der Waals surface area (Å²) in [6.45, 7) is 0.413. The highest BCUT2D eigenvalue weighted by Gasteiger charge is 2.12. The number of hydrogen-bond acceptors (Lipinski definition) is 3. The quantitative estimate of drug-likeness (QED) is 0.764. The van der Waals surface area contributed by atoms with Crippen molar-refractivity contribution < 1.29 is 14.7 Å². The average molecular weight is 332 g/mol. The normalized spacial score (nSPS) is 10.3. The van der Waals surface area contributed by atoms with Gasteiger partial charge in [0, 0.05) is 24.9 Å². The van der Waals surface area contributed by atoms with Gasteiger partial charge in [-0.15, -0.1) is 0 Å². The Labute approximate surface area is 140 Å². The number of aromatic hydroxyl groups is 1. The van der Waals surface area contributed by atoms with E-state index in [2.05, 4.69) is 5.32 Å². The molecule has 120 valence electrons. The first kappa shape index (κ1) is 17.0. The number of carbonyl (C=O) groups is 2. The number of carbonyl (C=O) groups excluding carboxylic acids is 2. The molecule has 0 aliphatic carbocycles. The van der Waals surface area contributed by atoms with Crippen molar-refractivity contribution in [3.05, 3.63) is 64.7 Å². The van der Waals surface area contributed by atoms with Crippen molar-refractivity contribution in [2.45, 2.75) is 19.3 Å². The van der Waals surface area contributed by atoms with Gasteiger partial charge >= 0.3 is 0 Å². The Morgan fingerprint density at radius 1 is 1.00 bits per heavy atom. The van der Waals surface area contributed by atoms with Crippen LogP contribution in [0.1, 0.15) is 28.8 Å². The molecule has 0 aromatic heterocycles. The van der Waals surface area contributed by atoms with E-state index in [9.17, 15) is 14.7 Å². The van der Waals surface area contributed by atoms with Crippen LogP contribution in [-0.2, 0) is 11.2 Å². The summed E-state index contributed by atoms with van der Waals surface area (Å²) in [5, 5.41) is 12.8. The first-order valence-corrected chi connectivity index (χ1v) is 7.77. The molecular weight excluding hydrogens is 314 g/mol. The number of hydrogen-bond donors (Lipinski definition) is 2. The van der Waals surface area contributed by atoms with E-state index in [0.717, 1.165) is 5.56 Å². The molecule has 0 aliphatic rings. The number of amides is 1. The Morgan fingerprint density at radius 2 is 1.70 bits per heavy atom. The summed E-state index contributed by atoms with van der Waals surface area (Å²) in [6, 6.07) is 13.8. The Balaban J connectivity index is 1.74. The standard InChI is InChI=1S/C18H18ClNO3/c19-15-7-3-2-6-14(15)17(22)9-10-18(23)20-12-11-13-5-1-4-8-16(13)21/h1-8,21H,9-12H2,(H,20,23). The van der Waals surface area contributed by atoms with Gasteiger partial charge in [0.25, 0.3) is 0 Å². The molecule has 0 spiro atoms. The van der Waals surface area contributed by atoms with Crippen LogP contribution in [-0.4, -0.2) is 23.3 Å². The van der Waals surface area contributed by atoms with Crippen molar-refractivity contribution >= 4 is 23.3 Å². The van der Waals surface area contributed by atoms with Gasteiger partial charge in [-0.3, -0.25) is 9.59 Å². The van der Waals surface area contributed by atoms with E-state index in [-0.39, 0.29) is 30.3 Å². The number of para-hydroxylation sites is 1. The van der Waals surface area contributed by atoms with E-state index in [4.69, 9.17) is 11.6 Å². The Morgan fingerprint density at radius 3 is 2.43 bits per heavy atom. The molecule has 0 bridgehead atoms. The predicted molar refractivity (Wildman–Crippen MR) is 89.8 cm³/mol. The van der Waals surface area contributed by atoms with Gasteiger partial charge in [0.05, 0.1) is 5.02 Å². The number of halogens is 1. The fourth-order valence-electron chi connectivity index (χ4n) is 2.20. The molecular formula is C18H18ClNO3. The van der Waals surface area contributed by atoms with Crippen molar-refractivity contribution in [2.75, 3.05) is 6.54 Å². The second-order valence-electron chi connectivity index (χ2n) is 5.13. The number of nitrogens with one attached hydrogen (secondary N) is 1. The molecule has 0 aliphatic heterocycles. The van der Waals surface area contributed by atoms with Crippen molar-refractivity contribution in [1.82, 2.24) is 5.32 Å². The number of phenols is 1. The highest BCUT2D eigenvalue weighted by molar-refractivity contribution is 6.34. The third-order valence-electron chi connectivity index (χ3n) is 3.46. The van der Waals surface area contributed by atoms with Gasteiger partial charge in [-0.05, 0) is 30.2 Å². The molecule has 0 saturated carbocycles. The van der Waals surface area contributed by atoms with Crippen LogP contribution in [0.5, 0.6) is 5.75 Å². The highest BCUT2D eigenvalue weighted by Crippen LogP contribution is 2.17. The van der Waals surface area contributed by atoms with Gasteiger partial charge in [0.15, 0.2) is 5.78 Å². The van der Waals surface area contributed by atoms with Gasteiger partial charge < -0.3 is 10.4 Å². The minimum atomic E-state index is -0.194. The number of rotatable bonds is 7. The van der Waals surface area contributed by atoms with Gasteiger partial charge in [-0.25, -0.2) is 0 Å². The zero-order valence-corrected chi connectivity index (χ0v) is 13.3. The molecule has 0 atom stereocenters. The molecule has 4 nitrogen and oxygen atoms in total. The van der Waals surface area contributed by atoms with Crippen molar-refractivity contribution in [2.24, 2.45) is 0 Å². The molecule has 2 rings (SSSR count). The lowest BCUT2D eigenvalue weighted by Gasteiger charge is -2.07. The molecule has 2 aromatic rings. The lowest BCUT2D eigenvalue weighted by molar-refractivity contribution is -0.121. The fraction of sp³-hybridized carbons (Fsp3) is 0.222. The number of phenolic OH excluding ortho intramolecular Hbond substituents is 1. The van der Waals surface area contributed by atoms with Crippen LogP contribution in [0.15, 0.2) is 48.5 Å². The van der Waals surface area contributed by atoms with E-state index in [1.807, 2.05) is 12.1 Å². The molecule has 5 heteroatoms. The largest absolute Gasteiger partial charge is 0.508 e. The van der Waals surface area contributed by atoms with Crippen LogP contribution in [0.4, 0.5) is 0 Å². The van der Waals surface area contributed by atoms with E-state index in [0.29, 0.717) is 23.6 Å². The SMILES string of the molecule is O=C(CCC(=O)c1ccccc1Cl)NCCc1ccccc1O. The van der Waals surface area contributed by atoms with Gasteiger partial charge in [0.2, 0.25) is 5.91 Å². The fourth-order valence-corrected chi connectivity index (χ4v) is 2.44. The monoisotopic (exact) mass is 331 g/mol. The van der Waals surface area contributed by atoms with Crippen LogP contribution in [0, 0.1) is 0 Å². The topological polar surface area (TPSA) is 66.4 Å². The van der Waals surface area contributed by atoms with Crippen LogP contribution in [0.3, 0.4) is 0 Å². The molecule has 0 radical (unpaired) electrons. The second kappa shape index (κ2) is 8.34. The maximum atomic E-state index is 12.0. The molecule has 0 heterocycles. The Bertz CT molecular complexity index is 700. The first-order chi connectivity index (χ1) is 11.1. The predicted octanol–water partition coefficient (Wildman–Crippen LogP) is 3.37. The van der Waals surface area contributed by atoms with Crippen LogP contribution < -0.4 is 5.32 Å². The van der Waals surface area contributed by atoms with Crippen LogP contribution >= 0.6 is 11.6 Å². The molecule has 1 amide bonds. The third-order valence-corrected chi connectivity index (χ3v) is 3.79. The second-order valence-corrected chi connectivity index (χ2v) is 5.54. The maximum absolute atomic E-state index is 12.0. The summed E-state index contributed by atoms with van der Waals surface area (Å²) in [4.78, 5) is 23.8. The molecule has 2 aromatic carbocycles. The number of Topliss-reactive ketones (excluding diaryl/α,β-unsaturated/α-hetero) is 1. The number of benzene rings is 2. The van der Waals surface area contributed by atoms with Gasteiger partial charge in [0.1, 0.15) is 5.75 Å². The van der Waals surface area contributed by atoms with E-state index < -0.39 is 0 Å². The zero-order valence-electron chi connectivity index (χ0n) is 12.6. The lowest BCUT2D eigenvalue weighted by atomic mass is 10.1. The Kier molecular flexibility index (Phi) is 6.18. The summed E-state index contributed by atoms with van der Waals surface area (Å²) >= 11 is 5.96. The van der Waals surface area contributed by atoms with Crippen LogP contribution in [0.2, 0.25) is 5.02 Å². The van der Waals surface area contributed by atoms with Crippen molar-refractivity contribution in [1.29, 1.82) is 0 Å². The van der Waals surface area contributed by atoms with Crippen molar-refractivity contribution in [3.63, 3.8) is 0 Å². The van der Waals surface area contributed by atoms with E-state index >= 15 is 0 Å². The first-order valence-electron chi connectivity index (χ1n) is 7.39. The molecule has 23 heavy (non-hydrogen) atoms. The number of ketones is 1. The Hall–Kier alpha value is -2.33. The average Bonchev–Trinajstić information content (AvgIpc) is 2.55. The molecule has 0 saturated heterocycles. The lowest BCUT2D eigenvalue weighted by Crippen LogP contribution is -2.26. The smallest absolute Gasteiger partial charge is 0.220 e. The zero-order chi connectivity index (χ0) is 16.7. The van der Waals surface area contributed by atoms with E-state index in [1.54, 1.807) is 36.4 Å². The molecule has 2 N–H and O–H groups in total. The summed E-state index contributed by atoms with van der Waals surface area (Å²) in [6.07, 6.45) is 0.772. The minimum absolute atomic E-state index is 0.116.